The molecule has 9 heteroatoms. The molecule has 3 unspecified atom stereocenters. The van der Waals surface area contributed by atoms with Crippen LogP contribution in [0.5, 0.6) is 0 Å². The van der Waals surface area contributed by atoms with Crippen molar-refractivity contribution in [1.82, 2.24) is 0 Å². The molecule has 0 radical (unpaired) electrons. The summed E-state index contributed by atoms with van der Waals surface area (Å²) >= 11 is 0. The van der Waals surface area contributed by atoms with Gasteiger partial charge in [0.2, 0.25) is 0 Å². The van der Waals surface area contributed by atoms with Gasteiger partial charge in [-0.25, -0.2) is 8.42 Å². The topological polar surface area (TPSA) is 135 Å². The Morgan fingerprint density at radius 1 is 0.605 bits per heavy atom. The minimum absolute atomic E-state index is 0. The summed E-state index contributed by atoms with van der Waals surface area (Å²) in [5.74, 6) is 8.68. The van der Waals surface area contributed by atoms with Gasteiger partial charge < -0.3 is 28.4 Å². The van der Waals surface area contributed by atoms with Gasteiger partial charge in [-0.1, -0.05) is 137 Å². The summed E-state index contributed by atoms with van der Waals surface area (Å²) in [6.45, 7) is 26.7. The van der Waals surface area contributed by atoms with Crippen molar-refractivity contribution < 1.29 is 36.8 Å². The van der Waals surface area contributed by atoms with Crippen LogP contribution in [-0.2, 0) is 9.84 Å². The molecule has 8 aliphatic rings. The number of allylic oxidation sites excluding steroid dienone is 2. The molecule has 0 aromatic heterocycles. The van der Waals surface area contributed by atoms with Crippen molar-refractivity contribution in [1.29, 1.82) is 0 Å². The molecular weight excluding hydrogens is 973 g/mol. The van der Waals surface area contributed by atoms with Gasteiger partial charge in [0.05, 0.1) is 33.6 Å². The molecule has 0 amide bonds. The molecule has 9 rings (SSSR count). The van der Waals surface area contributed by atoms with Crippen molar-refractivity contribution in [3.63, 3.8) is 0 Å². The first kappa shape index (κ1) is 64.4. The maximum Gasteiger partial charge on any atom is 2.00 e. The van der Waals surface area contributed by atoms with E-state index >= 15 is 0 Å². The molecule has 8 aliphatic carbocycles. The van der Waals surface area contributed by atoms with Gasteiger partial charge in [-0.15, -0.1) is 0 Å². The van der Waals surface area contributed by atoms with Gasteiger partial charge >= 0.3 is 23.1 Å². The zero-order valence-electron chi connectivity index (χ0n) is 52.6. The average Bonchev–Trinajstić information content (AvgIpc) is 3.96. The Morgan fingerprint density at radius 3 is 1.49 bits per heavy atom. The van der Waals surface area contributed by atoms with E-state index in [2.05, 4.69) is 74.5 Å². The first-order chi connectivity index (χ1) is 35.2. The fraction of sp³-hybridized carbons (Fsp3) is 0.851. The van der Waals surface area contributed by atoms with Gasteiger partial charge in [-0.3, -0.25) is 0 Å². The van der Waals surface area contributed by atoms with Crippen molar-refractivity contribution in [3.05, 3.63) is 53.6 Å². The second kappa shape index (κ2) is 25.4. The predicted octanol–water partition coefficient (Wildman–Crippen LogP) is 15.0. The summed E-state index contributed by atoms with van der Waals surface area (Å²) in [7, 11) is -2.56. The monoisotopic (exact) mass is 1090 g/mol. The molecule has 5 N–H and O–H groups in total. The van der Waals surface area contributed by atoms with Crippen LogP contribution in [0.2, 0.25) is 0 Å². The van der Waals surface area contributed by atoms with Crippen LogP contribution < -0.4 is 0 Å². The normalized spacial score (nSPS) is 38.8. The molecule has 432 valence electrons. The minimum Gasteiger partial charge on any atom is -1.00 e. The van der Waals surface area contributed by atoms with Crippen molar-refractivity contribution in [3.8, 4) is 0 Å². The number of fused-ring (bicyclic) bond motifs is 10. The molecule has 6 fully saturated rings. The van der Waals surface area contributed by atoms with E-state index in [1.54, 1.807) is 35.4 Å². The Morgan fingerprint density at radius 2 is 1.05 bits per heavy atom. The molecule has 76 heavy (non-hydrogen) atoms. The van der Waals surface area contributed by atoms with E-state index in [1.165, 1.54) is 70.6 Å². The Kier molecular flexibility index (Phi) is 21.5. The molecule has 6 saturated carbocycles. The summed E-state index contributed by atoms with van der Waals surface area (Å²) in [6.07, 6.45) is 29.4. The van der Waals surface area contributed by atoms with Crippen molar-refractivity contribution in [2.24, 2.45) is 92.7 Å². The molecule has 0 heterocycles. The zero-order valence-corrected chi connectivity index (χ0v) is 52.9. The summed E-state index contributed by atoms with van der Waals surface area (Å²) < 4.78 is 27.9. The molecule has 0 bridgehead atoms. The maximum atomic E-state index is 14.0. The number of aliphatic hydroxyl groups is 5. The van der Waals surface area contributed by atoms with Crippen molar-refractivity contribution in [2.45, 2.75) is 264 Å². The van der Waals surface area contributed by atoms with Crippen LogP contribution in [-0.4, -0.2) is 92.8 Å². The molecule has 19 atom stereocenters. The fourth-order valence-corrected chi connectivity index (χ4v) is 20.8. The summed E-state index contributed by atoms with van der Waals surface area (Å²) in [5, 5.41) is 49.8. The second-order valence-corrected chi connectivity index (χ2v) is 32.0. The first-order valence-corrected chi connectivity index (χ1v) is 32.6. The van der Waals surface area contributed by atoms with Crippen LogP contribution in [0.1, 0.15) is 234 Å². The van der Waals surface area contributed by atoms with Crippen LogP contribution >= 0.6 is 0 Å². The minimum atomic E-state index is -3.56. The Labute approximate surface area is 484 Å². The molecule has 7 nitrogen and oxygen atoms in total. The van der Waals surface area contributed by atoms with Gasteiger partial charge in [-0.2, -0.15) is 0 Å². The van der Waals surface area contributed by atoms with Gasteiger partial charge in [0.1, 0.15) is 0 Å². The standard InChI is InChI=1S/C36H56O4S.C30H52O2.CH4O.Mg.2H/c1-7-36(38)20-18-28-25(23-36)13-14-30-29(28)17-19-35(6)31(15-16-32(30)35)24(2)21-27(22-33(37)34(3,4)5)41(39,40)26-11-9-8-10-12-26;1-7-30(32)18-16-22-21(19-30)11-12-24-23(22)15-17-29(6)25(13-14-26(24)29)20(2)9-8-10-27(31)28(3,4)5;1-2;;;/h8-13,24,27-33,37-38H,7,14-23H2,1-6H3;11,20,22-27,31-32H,7-10,12-19H2,1-6H3;2H,1H3;;;/q;;;+2;2*-1/t24-,27?,28+,29-,30-,31-,32+,33?,35-,36+;20-,22+,23-,24-,25-,26+,27?,29-,30+;;;;/m11..../s1. The molecule has 0 spiro atoms. The summed E-state index contributed by atoms with van der Waals surface area (Å²) in [6, 6.07) is 8.88. The van der Waals surface area contributed by atoms with Gasteiger partial charge in [0.15, 0.2) is 9.84 Å². The number of benzene rings is 1. The third-order valence-electron chi connectivity index (χ3n) is 23.8. The molecule has 1 aromatic carbocycles. The summed E-state index contributed by atoms with van der Waals surface area (Å²) in [4.78, 5) is 0.376. The molecule has 1 aromatic rings. The third-order valence-corrected chi connectivity index (χ3v) is 26.0. The molecule has 0 aliphatic heterocycles. The number of rotatable bonds is 14. The van der Waals surface area contributed by atoms with Crippen molar-refractivity contribution in [2.75, 3.05) is 7.11 Å². The van der Waals surface area contributed by atoms with Crippen LogP contribution in [0.3, 0.4) is 0 Å². The number of hydrogen-bond donors (Lipinski definition) is 5. The van der Waals surface area contributed by atoms with Crippen LogP contribution in [0, 0.1) is 92.7 Å². The SMILES string of the molecule is CC[C@]1(O)CC[C@H]2C(=CC[C@@H]3[C@@H]2CC[C@]2(C)[C@@H]([C@H](C)CC(CC(O)C(C)(C)C)S(=O)(=O)c4ccccc4)CC[C@@H]32)C1.CC[C@]1(O)CC[C@H]2C(=CC[C@@H]3[C@@H]2CC[C@]2(C)[C@@H]([C@H](C)CCCC(O)C(C)(C)C)CC[C@@H]32)C1.CO.[H-].[H-].[Mg+2]. The Bertz CT molecular complexity index is 2210. The van der Waals surface area contributed by atoms with Gasteiger partial charge in [0, 0.05) is 7.11 Å². The molecular formula is C67H114MgO7S. The fourth-order valence-electron chi connectivity index (χ4n) is 18.9. The largest absolute Gasteiger partial charge is 2.00 e. The maximum absolute atomic E-state index is 14.0. The molecule has 0 saturated heterocycles. The van der Waals surface area contributed by atoms with Gasteiger partial charge in [-0.05, 0) is 240 Å². The van der Waals surface area contributed by atoms with Crippen LogP contribution in [0.15, 0.2) is 58.5 Å². The van der Waals surface area contributed by atoms with E-state index in [0.29, 0.717) is 34.5 Å². The van der Waals surface area contributed by atoms with E-state index in [-0.39, 0.29) is 60.6 Å². The number of sulfone groups is 1. The average molecular weight is 1090 g/mol. The van der Waals surface area contributed by atoms with Gasteiger partial charge in [0.25, 0.3) is 0 Å². The van der Waals surface area contributed by atoms with Crippen molar-refractivity contribution >= 4 is 32.9 Å². The van der Waals surface area contributed by atoms with E-state index in [0.717, 1.165) is 119 Å². The Hall–Kier alpha value is -0.784. The summed E-state index contributed by atoms with van der Waals surface area (Å²) in [5.41, 5.74) is 2.64. The number of hydrogen-bond acceptors (Lipinski definition) is 7. The van der Waals surface area contributed by atoms with E-state index in [9.17, 15) is 28.8 Å². The predicted molar refractivity (Wildman–Crippen MR) is 318 cm³/mol. The number of aliphatic hydroxyl groups excluding tert-OH is 3. The Balaban J connectivity index is 0.000000322. The zero-order chi connectivity index (χ0) is 55.1. The van der Waals surface area contributed by atoms with E-state index in [4.69, 9.17) is 5.11 Å². The smallest absolute Gasteiger partial charge is 1.00 e. The van der Waals surface area contributed by atoms with E-state index < -0.39 is 32.4 Å². The third kappa shape index (κ3) is 13.3. The quantitative estimate of drug-likeness (QED) is 0.0925. The van der Waals surface area contributed by atoms with Crippen LogP contribution in [0.4, 0.5) is 0 Å². The van der Waals surface area contributed by atoms with Crippen LogP contribution in [0.25, 0.3) is 0 Å². The van der Waals surface area contributed by atoms with E-state index in [1.807, 2.05) is 26.8 Å². The second-order valence-electron chi connectivity index (χ2n) is 29.8. The first-order valence-electron chi connectivity index (χ1n) is 31.1.